The molecular formula is C14H16Br2ClNO. The van der Waals surface area contributed by atoms with E-state index in [1.807, 2.05) is 6.07 Å². The second-order valence-corrected chi connectivity index (χ2v) is 6.87. The van der Waals surface area contributed by atoms with Gasteiger partial charge < -0.3 is 5.32 Å². The van der Waals surface area contributed by atoms with Crippen LogP contribution in [0.15, 0.2) is 22.7 Å². The Kier molecular flexibility index (Phi) is 5.72. The van der Waals surface area contributed by atoms with E-state index in [0.717, 1.165) is 16.2 Å². The number of amides is 1. The van der Waals surface area contributed by atoms with Crippen LogP contribution >= 0.6 is 43.5 Å². The van der Waals surface area contributed by atoms with Gasteiger partial charge in [-0.15, -0.1) is 0 Å². The number of halogens is 3. The summed E-state index contributed by atoms with van der Waals surface area (Å²) in [4.78, 5) is 12.3. The first kappa shape index (κ1) is 15.3. The van der Waals surface area contributed by atoms with E-state index in [-0.39, 0.29) is 11.9 Å². The fraction of sp³-hybridized carbons (Fsp3) is 0.500. The Labute approximate surface area is 135 Å². The van der Waals surface area contributed by atoms with Gasteiger partial charge in [0.15, 0.2) is 0 Å². The maximum absolute atomic E-state index is 12.3. The van der Waals surface area contributed by atoms with E-state index in [9.17, 15) is 4.79 Å². The lowest BCUT2D eigenvalue weighted by molar-refractivity contribution is 0.0912. The van der Waals surface area contributed by atoms with Crippen LogP contribution in [0.2, 0.25) is 5.02 Å². The number of nitrogens with one attached hydrogen (secondary N) is 1. The number of hydrogen-bond donors (Lipinski definition) is 1. The van der Waals surface area contributed by atoms with Gasteiger partial charge >= 0.3 is 0 Å². The van der Waals surface area contributed by atoms with Gasteiger partial charge in [0, 0.05) is 15.8 Å². The minimum atomic E-state index is -0.0795. The summed E-state index contributed by atoms with van der Waals surface area (Å²) in [6.07, 6.45) is 4.65. The number of alkyl halides is 1. The van der Waals surface area contributed by atoms with Crippen molar-refractivity contribution in [2.75, 3.05) is 5.33 Å². The van der Waals surface area contributed by atoms with Crippen molar-refractivity contribution in [3.63, 3.8) is 0 Å². The lowest BCUT2D eigenvalue weighted by Crippen LogP contribution is -2.42. The number of carbonyl (C=O) groups excluding carboxylic acids is 1. The van der Waals surface area contributed by atoms with Crippen molar-refractivity contribution in [3.8, 4) is 0 Å². The quantitative estimate of drug-likeness (QED) is 0.715. The maximum atomic E-state index is 12.3. The zero-order valence-electron chi connectivity index (χ0n) is 10.5. The summed E-state index contributed by atoms with van der Waals surface area (Å²) in [5.74, 6) is 0.438. The highest BCUT2D eigenvalue weighted by Gasteiger charge is 2.26. The third kappa shape index (κ3) is 3.96. The molecule has 0 bridgehead atoms. The lowest BCUT2D eigenvalue weighted by Gasteiger charge is -2.31. The van der Waals surface area contributed by atoms with Gasteiger partial charge in [0.2, 0.25) is 0 Å². The summed E-state index contributed by atoms with van der Waals surface area (Å²) in [7, 11) is 0. The Morgan fingerprint density at radius 1 is 1.37 bits per heavy atom. The van der Waals surface area contributed by atoms with Gasteiger partial charge in [0.25, 0.3) is 5.91 Å². The van der Waals surface area contributed by atoms with Gasteiger partial charge in [-0.05, 0) is 37.0 Å². The molecule has 0 heterocycles. The van der Waals surface area contributed by atoms with Gasteiger partial charge in [-0.3, -0.25) is 4.79 Å². The average Bonchev–Trinajstić information content (AvgIpc) is 2.42. The third-order valence-electron chi connectivity index (χ3n) is 3.60. The van der Waals surface area contributed by atoms with Crippen molar-refractivity contribution in [1.82, 2.24) is 5.32 Å². The first-order valence-electron chi connectivity index (χ1n) is 6.43. The predicted octanol–water partition coefficient (Wildman–Crippen LogP) is 4.79. The summed E-state index contributed by atoms with van der Waals surface area (Å²) in [5, 5.41) is 4.56. The summed E-state index contributed by atoms with van der Waals surface area (Å²) in [5.41, 5.74) is 0.537. The highest BCUT2D eigenvalue weighted by Crippen LogP contribution is 2.27. The van der Waals surface area contributed by atoms with Gasteiger partial charge in [0.1, 0.15) is 0 Å². The van der Waals surface area contributed by atoms with Crippen molar-refractivity contribution in [1.29, 1.82) is 0 Å². The first-order valence-corrected chi connectivity index (χ1v) is 8.73. The van der Waals surface area contributed by atoms with E-state index < -0.39 is 0 Å². The number of rotatable bonds is 3. The highest BCUT2D eigenvalue weighted by atomic mass is 79.9. The van der Waals surface area contributed by atoms with Crippen LogP contribution in [-0.4, -0.2) is 17.3 Å². The van der Waals surface area contributed by atoms with Crippen LogP contribution < -0.4 is 5.32 Å². The van der Waals surface area contributed by atoms with Crippen LogP contribution in [-0.2, 0) is 0 Å². The fourth-order valence-electron chi connectivity index (χ4n) is 2.50. The summed E-state index contributed by atoms with van der Waals surface area (Å²) in [6.45, 7) is 0. The molecule has 1 aliphatic carbocycles. The maximum Gasteiger partial charge on any atom is 0.253 e. The van der Waals surface area contributed by atoms with Crippen LogP contribution in [0, 0.1) is 5.92 Å². The monoisotopic (exact) mass is 407 g/mol. The molecule has 0 aromatic heterocycles. The fourth-order valence-corrected chi connectivity index (χ4v) is 3.84. The van der Waals surface area contributed by atoms with E-state index in [2.05, 4.69) is 37.2 Å². The summed E-state index contributed by atoms with van der Waals surface area (Å²) < 4.78 is 0.864. The van der Waals surface area contributed by atoms with Crippen molar-refractivity contribution in [2.24, 2.45) is 5.92 Å². The van der Waals surface area contributed by atoms with Gasteiger partial charge in [-0.25, -0.2) is 0 Å². The Balaban J connectivity index is 2.09. The second kappa shape index (κ2) is 7.09. The van der Waals surface area contributed by atoms with Crippen molar-refractivity contribution >= 4 is 49.4 Å². The van der Waals surface area contributed by atoms with Crippen LogP contribution in [0.3, 0.4) is 0 Å². The molecule has 1 fully saturated rings. The SMILES string of the molecule is O=C(NC1CCCCC1CBr)c1cc(Br)ccc1Cl. The van der Waals surface area contributed by atoms with E-state index in [1.54, 1.807) is 12.1 Å². The second-order valence-electron chi connectivity index (χ2n) is 4.90. The molecule has 1 amide bonds. The normalized spacial score (nSPS) is 23.1. The predicted molar refractivity (Wildman–Crippen MR) is 86.2 cm³/mol. The molecule has 0 aliphatic heterocycles. The molecule has 0 saturated heterocycles. The van der Waals surface area contributed by atoms with E-state index in [1.165, 1.54) is 19.3 Å². The van der Waals surface area contributed by atoms with Crippen molar-refractivity contribution in [2.45, 2.75) is 31.7 Å². The molecule has 2 nitrogen and oxygen atoms in total. The molecule has 19 heavy (non-hydrogen) atoms. The Morgan fingerprint density at radius 3 is 2.84 bits per heavy atom. The zero-order chi connectivity index (χ0) is 13.8. The molecule has 104 valence electrons. The van der Waals surface area contributed by atoms with Gasteiger partial charge in [0.05, 0.1) is 10.6 Å². The van der Waals surface area contributed by atoms with Crippen molar-refractivity contribution < 1.29 is 4.79 Å². The minimum absolute atomic E-state index is 0.0795. The van der Waals surface area contributed by atoms with E-state index >= 15 is 0 Å². The number of hydrogen-bond acceptors (Lipinski definition) is 1. The molecule has 5 heteroatoms. The molecule has 2 rings (SSSR count). The highest BCUT2D eigenvalue weighted by molar-refractivity contribution is 9.10. The van der Waals surface area contributed by atoms with E-state index in [0.29, 0.717) is 16.5 Å². The average molecular weight is 410 g/mol. The molecule has 1 N–H and O–H groups in total. The number of benzene rings is 1. The molecular weight excluding hydrogens is 393 g/mol. The number of carbonyl (C=O) groups is 1. The first-order chi connectivity index (χ1) is 9.11. The molecule has 1 aromatic rings. The molecule has 2 atom stereocenters. The van der Waals surface area contributed by atoms with Crippen LogP contribution in [0.5, 0.6) is 0 Å². The molecule has 0 radical (unpaired) electrons. The summed E-state index contributed by atoms with van der Waals surface area (Å²) >= 11 is 13.0. The van der Waals surface area contributed by atoms with Crippen LogP contribution in [0.4, 0.5) is 0 Å². The Hall–Kier alpha value is -0.0600. The Morgan fingerprint density at radius 2 is 2.11 bits per heavy atom. The molecule has 2 unspecified atom stereocenters. The van der Waals surface area contributed by atoms with Gasteiger partial charge in [-0.1, -0.05) is 56.3 Å². The van der Waals surface area contributed by atoms with E-state index in [4.69, 9.17) is 11.6 Å². The molecule has 0 spiro atoms. The third-order valence-corrected chi connectivity index (χ3v) is 5.25. The van der Waals surface area contributed by atoms with Crippen LogP contribution in [0.1, 0.15) is 36.0 Å². The molecule has 1 saturated carbocycles. The van der Waals surface area contributed by atoms with Gasteiger partial charge in [-0.2, -0.15) is 0 Å². The Bertz CT molecular complexity index is 467. The van der Waals surface area contributed by atoms with Crippen molar-refractivity contribution in [3.05, 3.63) is 33.3 Å². The summed E-state index contributed by atoms with van der Waals surface area (Å²) in [6, 6.07) is 5.59. The molecule has 1 aromatic carbocycles. The molecule has 1 aliphatic rings. The van der Waals surface area contributed by atoms with Crippen LogP contribution in [0.25, 0.3) is 0 Å². The standard InChI is InChI=1S/C14H16Br2ClNO/c15-8-9-3-1-2-4-13(9)18-14(19)11-7-10(16)5-6-12(11)17/h5-7,9,13H,1-4,8H2,(H,18,19). The zero-order valence-corrected chi connectivity index (χ0v) is 14.4. The lowest BCUT2D eigenvalue weighted by atomic mass is 9.86. The smallest absolute Gasteiger partial charge is 0.253 e. The topological polar surface area (TPSA) is 29.1 Å². The largest absolute Gasteiger partial charge is 0.349 e. The minimum Gasteiger partial charge on any atom is -0.349 e.